The van der Waals surface area contributed by atoms with E-state index in [0.717, 1.165) is 0 Å². The van der Waals surface area contributed by atoms with Crippen molar-refractivity contribution < 1.29 is 101 Å². The largest absolute Gasteiger partial charge is 0.395 e. The maximum absolute atomic E-state index is 10.1. The van der Waals surface area contributed by atoms with Crippen molar-refractivity contribution >= 4 is 0 Å². The molecule has 1 saturated heterocycles. The number of ether oxygens (including phenoxy) is 2. The van der Waals surface area contributed by atoms with Crippen molar-refractivity contribution in [3.8, 4) is 0 Å². The molecule has 0 aromatic carbocycles. The van der Waals surface area contributed by atoms with Crippen LogP contribution in [-0.2, 0) is 9.47 Å². The molecule has 1 aliphatic rings. The Balaban J connectivity index is -0.000000726. The minimum Gasteiger partial charge on any atom is -0.395 e. The molecule has 0 amide bonds. The van der Waals surface area contributed by atoms with E-state index in [0.29, 0.717) is 13.1 Å². The first-order valence-corrected chi connectivity index (χ1v) is 16.8. The molecule has 1 heterocycles. The average molecular weight is 807 g/mol. The van der Waals surface area contributed by atoms with E-state index in [1.54, 1.807) is 7.05 Å². The standard InChI is InChI=1S/C13H27NO10.C7H17NO5.C5H13NO3.C5H13NO2/c1-14(2)12(22)10(21)11(5(17)3-15)24-13-9(20)8(19)7(18)6(4-16)23-13;1-8(2)7(13)6(12)5(11)4(10)3-9;1-6-5(2-7,3-8)4-9;1-6(2-4-7)3-5-8/h5-13,15-22H,3-4H2,1-2H3;4-7,9-13H,3H2,1-2H3;6-9H,2-4H2,1H3;7-8H,2-5H2,1H3. The summed E-state index contributed by atoms with van der Waals surface area (Å²) in [5, 5.41) is 167. The molecule has 0 bridgehead atoms. The van der Waals surface area contributed by atoms with Gasteiger partial charge in [0, 0.05) is 13.1 Å². The predicted octanol–water partition coefficient (Wildman–Crippen LogP) is -11.5. The Labute approximate surface area is 315 Å². The molecule has 330 valence electrons. The third-order valence-corrected chi connectivity index (χ3v) is 8.04. The van der Waals surface area contributed by atoms with E-state index in [2.05, 4.69) is 5.32 Å². The van der Waals surface area contributed by atoms with E-state index < -0.39 is 105 Å². The lowest BCUT2D eigenvalue weighted by Gasteiger charge is -2.42. The molecule has 1 fully saturated rings. The first-order valence-electron chi connectivity index (χ1n) is 16.8. The van der Waals surface area contributed by atoms with Crippen molar-refractivity contribution in [2.75, 3.05) is 108 Å². The van der Waals surface area contributed by atoms with Crippen molar-refractivity contribution in [2.45, 2.75) is 85.3 Å². The Kier molecular flexibility index (Phi) is 33.0. The number of rotatable bonds is 21. The number of likely N-dealkylation sites (N-methyl/N-ethyl adjacent to an activating group) is 4. The lowest BCUT2D eigenvalue weighted by Crippen LogP contribution is -2.62. The lowest BCUT2D eigenvalue weighted by molar-refractivity contribution is -0.329. The average Bonchev–Trinajstić information content (AvgIpc) is 3.16. The van der Waals surface area contributed by atoms with Gasteiger partial charge >= 0.3 is 0 Å². The first-order chi connectivity index (χ1) is 25.1. The van der Waals surface area contributed by atoms with Crippen LogP contribution in [0, 0.1) is 0 Å². The van der Waals surface area contributed by atoms with Crippen molar-refractivity contribution in [2.24, 2.45) is 0 Å². The normalized spacial score (nSPS) is 24.8. The van der Waals surface area contributed by atoms with Gasteiger partial charge in [-0.2, -0.15) is 0 Å². The van der Waals surface area contributed by atoms with E-state index in [4.69, 9.17) is 60.5 Å². The number of aliphatic hydroxyl groups is 18. The highest BCUT2D eigenvalue weighted by Gasteiger charge is 2.47. The number of nitrogens with one attached hydrogen (secondary N) is 1. The highest BCUT2D eigenvalue weighted by atomic mass is 16.7. The van der Waals surface area contributed by atoms with Gasteiger partial charge in [-0.1, -0.05) is 0 Å². The summed E-state index contributed by atoms with van der Waals surface area (Å²) >= 11 is 0. The molecule has 19 N–H and O–H groups in total. The van der Waals surface area contributed by atoms with Crippen LogP contribution in [0.4, 0.5) is 0 Å². The maximum atomic E-state index is 10.1. The summed E-state index contributed by atoms with van der Waals surface area (Å²) in [4.78, 5) is 4.36. The molecule has 24 heteroatoms. The molecule has 0 radical (unpaired) electrons. The minimum absolute atomic E-state index is 0.163. The molecule has 0 aliphatic carbocycles. The summed E-state index contributed by atoms with van der Waals surface area (Å²) in [5.74, 6) is 0. The third kappa shape index (κ3) is 20.5. The number of nitrogens with zero attached hydrogens (tertiary/aromatic N) is 3. The Morgan fingerprint density at radius 1 is 0.611 bits per heavy atom. The van der Waals surface area contributed by atoms with E-state index in [1.165, 1.54) is 38.0 Å². The smallest absolute Gasteiger partial charge is 0.187 e. The fraction of sp³-hybridized carbons (Fsp3) is 1.00. The number of hydrogen-bond acceptors (Lipinski definition) is 24. The molecule has 1 rings (SSSR count). The summed E-state index contributed by atoms with van der Waals surface area (Å²) in [6, 6.07) is 0. The molecule has 24 nitrogen and oxygen atoms in total. The summed E-state index contributed by atoms with van der Waals surface area (Å²) in [6.45, 7) is -1.36. The zero-order valence-corrected chi connectivity index (χ0v) is 31.8. The second-order valence-corrected chi connectivity index (χ2v) is 12.8. The van der Waals surface area contributed by atoms with E-state index in [1.807, 2.05) is 11.9 Å². The topological polar surface area (TPSA) is 404 Å². The monoisotopic (exact) mass is 806 g/mol. The first kappa shape index (κ1) is 57.4. The molecular weight excluding hydrogens is 736 g/mol. The van der Waals surface area contributed by atoms with Gasteiger partial charge in [0.15, 0.2) is 6.29 Å². The molecule has 54 heavy (non-hydrogen) atoms. The van der Waals surface area contributed by atoms with Gasteiger partial charge < -0.3 is 112 Å². The van der Waals surface area contributed by atoms with E-state index in [9.17, 15) is 40.9 Å². The third-order valence-electron chi connectivity index (χ3n) is 8.04. The second-order valence-electron chi connectivity index (χ2n) is 12.8. The SMILES string of the molecule is CN(C)C(O)C(O)C(O)C(O)CO.CN(C)C(O)C(O)C(OC1OC(CO)C(O)C(O)C1O)C(O)CO.CN(CCO)CCO.CNC(CO)(CO)CO. The predicted molar refractivity (Wildman–Crippen MR) is 187 cm³/mol. The molecule has 13 unspecified atom stereocenters. The van der Waals surface area contributed by atoms with Gasteiger partial charge in [-0.05, 0) is 42.3 Å². The second kappa shape index (κ2) is 31.1. The van der Waals surface area contributed by atoms with Gasteiger partial charge in [0.25, 0.3) is 0 Å². The molecule has 0 saturated carbocycles. The number of hydrogen-bond donors (Lipinski definition) is 19. The molecule has 0 aromatic heterocycles. The summed E-state index contributed by atoms with van der Waals surface area (Å²) in [5.41, 5.74) is -0.917. The molecule has 0 spiro atoms. The Bertz CT molecular complexity index is 846. The Morgan fingerprint density at radius 3 is 1.35 bits per heavy atom. The zero-order valence-electron chi connectivity index (χ0n) is 31.8. The molecule has 1 aliphatic heterocycles. The van der Waals surface area contributed by atoms with Gasteiger partial charge in [-0.25, -0.2) is 0 Å². The summed E-state index contributed by atoms with van der Waals surface area (Å²) in [6.07, 6.45) is -20.1. The molecular formula is C30H70N4O20. The van der Waals surface area contributed by atoms with Gasteiger partial charge in [0.05, 0.1) is 58.4 Å². The van der Waals surface area contributed by atoms with Crippen molar-refractivity contribution in [1.82, 2.24) is 20.0 Å². The fourth-order valence-electron chi connectivity index (χ4n) is 3.97. The Hall–Kier alpha value is -0.960. The van der Waals surface area contributed by atoms with Crippen LogP contribution in [0.2, 0.25) is 0 Å². The van der Waals surface area contributed by atoms with Gasteiger partial charge in [0.1, 0.15) is 73.5 Å². The quantitative estimate of drug-likeness (QED) is 0.0479. The zero-order chi connectivity index (χ0) is 42.9. The van der Waals surface area contributed by atoms with Crippen molar-refractivity contribution in [1.29, 1.82) is 0 Å². The van der Waals surface area contributed by atoms with Crippen LogP contribution in [0.25, 0.3) is 0 Å². The maximum Gasteiger partial charge on any atom is 0.187 e. The number of aliphatic hydroxyl groups excluding tert-OH is 18. The van der Waals surface area contributed by atoms with E-state index in [-0.39, 0.29) is 33.0 Å². The van der Waals surface area contributed by atoms with E-state index >= 15 is 0 Å². The van der Waals surface area contributed by atoms with Crippen molar-refractivity contribution in [3.63, 3.8) is 0 Å². The minimum atomic E-state index is -1.75. The van der Waals surface area contributed by atoms with Crippen LogP contribution >= 0.6 is 0 Å². The summed E-state index contributed by atoms with van der Waals surface area (Å²) in [7, 11) is 9.33. The van der Waals surface area contributed by atoms with Crippen molar-refractivity contribution in [3.05, 3.63) is 0 Å². The lowest BCUT2D eigenvalue weighted by atomic mass is 9.99. The van der Waals surface area contributed by atoms with Crippen LogP contribution in [0.15, 0.2) is 0 Å². The Morgan fingerprint density at radius 2 is 1.04 bits per heavy atom. The highest BCUT2D eigenvalue weighted by molar-refractivity contribution is 4.91. The van der Waals surface area contributed by atoms with Gasteiger partial charge in [-0.15, -0.1) is 0 Å². The van der Waals surface area contributed by atoms with Crippen LogP contribution in [0.1, 0.15) is 0 Å². The van der Waals surface area contributed by atoms with Crippen LogP contribution in [-0.4, -0.2) is 300 Å². The highest BCUT2D eigenvalue weighted by Crippen LogP contribution is 2.25. The van der Waals surface area contributed by atoms with Gasteiger partial charge in [-0.3, -0.25) is 9.80 Å². The molecule has 0 aromatic rings. The molecule has 13 atom stereocenters. The van der Waals surface area contributed by atoms with Crippen LogP contribution in [0.5, 0.6) is 0 Å². The van der Waals surface area contributed by atoms with Gasteiger partial charge in [0.2, 0.25) is 0 Å². The van der Waals surface area contributed by atoms with Crippen LogP contribution < -0.4 is 5.32 Å². The summed E-state index contributed by atoms with van der Waals surface area (Å²) < 4.78 is 10.4. The van der Waals surface area contributed by atoms with Crippen LogP contribution in [0.3, 0.4) is 0 Å². The fourth-order valence-corrected chi connectivity index (χ4v) is 3.97.